The molecule has 0 aliphatic rings. The van der Waals surface area contributed by atoms with Crippen molar-refractivity contribution in [2.45, 2.75) is 55.9 Å². The van der Waals surface area contributed by atoms with Crippen molar-refractivity contribution in [3.05, 3.63) is 0 Å². The highest BCUT2D eigenvalue weighted by atomic mass is 16.5. The number of carboxylic acids is 10. The summed E-state index contributed by atoms with van der Waals surface area (Å²) in [6.07, 6.45) is -13.4. The van der Waals surface area contributed by atoms with Gasteiger partial charge in [-0.05, 0) is 6.92 Å². The third-order valence-electron chi connectivity index (χ3n) is 4.53. The molecule has 0 heterocycles. The Hall–Kier alpha value is -5.54. The van der Waals surface area contributed by atoms with E-state index < -0.39 is 114 Å². The summed E-state index contributed by atoms with van der Waals surface area (Å²) in [5, 5.41) is 133. The van der Waals surface area contributed by atoms with E-state index in [1.54, 1.807) is 0 Å². The fourth-order valence-electron chi connectivity index (χ4n) is 2.06. The topological polar surface area (TPSA) is 494 Å². The van der Waals surface area contributed by atoms with Crippen LogP contribution < -0.4 is 0 Å². The largest absolute Gasteiger partial charge is 0.481 e. The molecular weight excluding hydrogens is 656 g/mol. The molecule has 46 heavy (non-hydrogen) atoms. The van der Waals surface area contributed by atoms with Gasteiger partial charge in [-0.15, -0.1) is 0 Å². The van der Waals surface area contributed by atoms with E-state index in [9.17, 15) is 47.9 Å². The zero-order valence-corrected chi connectivity index (χ0v) is 22.5. The van der Waals surface area contributed by atoms with Crippen molar-refractivity contribution in [3.63, 3.8) is 0 Å². The molecular formula is C20H28O26. The number of hydrogen-bond donors (Lipinski definition) is 16. The molecule has 5 atom stereocenters. The van der Waals surface area contributed by atoms with Crippen LogP contribution in [0.15, 0.2) is 0 Å². The lowest BCUT2D eigenvalue weighted by molar-refractivity contribution is -0.184. The lowest BCUT2D eigenvalue weighted by Crippen LogP contribution is -2.53. The molecule has 0 aliphatic carbocycles. The number of aliphatic hydroxyl groups is 6. The molecule has 0 aliphatic heterocycles. The predicted molar refractivity (Wildman–Crippen MR) is 129 cm³/mol. The van der Waals surface area contributed by atoms with Crippen LogP contribution in [0.5, 0.6) is 0 Å². The number of hydrogen-bond acceptors (Lipinski definition) is 16. The van der Waals surface area contributed by atoms with Crippen LogP contribution in [0.1, 0.15) is 19.8 Å². The van der Waals surface area contributed by atoms with E-state index in [1.165, 1.54) is 0 Å². The summed E-state index contributed by atoms with van der Waals surface area (Å²) in [5.41, 5.74) is -5.93. The highest BCUT2D eigenvalue weighted by Crippen LogP contribution is 2.23. The van der Waals surface area contributed by atoms with Gasteiger partial charge in [-0.2, -0.15) is 0 Å². The Bertz CT molecular complexity index is 1030. The fourth-order valence-corrected chi connectivity index (χ4v) is 2.06. The van der Waals surface area contributed by atoms with Crippen molar-refractivity contribution in [2.75, 3.05) is 0 Å². The molecule has 0 bridgehead atoms. The molecule has 0 rings (SSSR count). The number of rotatable bonds is 15. The van der Waals surface area contributed by atoms with Crippen LogP contribution >= 0.6 is 0 Å². The van der Waals surface area contributed by atoms with Gasteiger partial charge in [0, 0.05) is 0 Å². The molecule has 26 heteroatoms. The summed E-state index contributed by atoms with van der Waals surface area (Å²) in [7, 11) is 0. The molecule has 0 radical (unpaired) electrons. The molecule has 16 N–H and O–H groups in total. The Morgan fingerprint density at radius 2 is 0.630 bits per heavy atom. The van der Waals surface area contributed by atoms with Gasteiger partial charge >= 0.3 is 59.7 Å². The standard InChI is InChI=1S/2C6H8O7.2C4H6O6/c7-3(8)1-6(13,5(11)12)2-4(9)10;1-2(7)6(3(8)9,4(10)11)5(12)13;2*5-1(3(7)8)2(6)4(9)10/h13H,1-2H2,(H,7,8)(H,9,10)(H,11,12);2,7H,1H3,(H,8,9)(H,10,11)(H,12,13);2*1-2,5-6H,(H,7,8)(H,9,10). The summed E-state index contributed by atoms with van der Waals surface area (Å²) in [6, 6.07) is 0. The maximum Gasteiger partial charge on any atom is 0.336 e. The molecule has 0 saturated carbocycles. The van der Waals surface area contributed by atoms with Crippen LogP contribution in [0.4, 0.5) is 0 Å². The number of carbonyl (C=O) groups is 10. The molecule has 0 fully saturated rings. The first-order chi connectivity index (χ1) is 20.5. The van der Waals surface area contributed by atoms with Gasteiger partial charge in [-0.25, -0.2) is 24.0 Å². The van der Waals surface area contributed by atoms with E-state index >= 15 is 0 Å². The first-order valence-electron chi connectivity index (χ1n) is 10.9. The van der Waals surface area contributed by atoms with Crippen molar-refractivity contribution < 1.29 is 130 Å². The first-order valence-corrected chi connectivity index (χ1v) is 10.9. The molecule has 5 unspecified atom stereocenters. The Balaban J connectivity index is -0.000000258. The second kappa shape index (κ2) is 20.4. The van der Waals surface area contributed by atoms with Crippen LogP contribution in [0.25, 0.3) is 0 Å². The second-order valence-electron chi connectivity index (χ2n) is 8.01. The van der Waals surface area contributed by atoms with Gasteiger partial charge < -0.3 is 81.7 Å². The minimum absolute atomic E-state index is 0.788. The van der Waals surface area contributed by atoms with Crippen molar-refractivity contribution in [3.8, 4) is 0 Å². The van der Waals surface area contributed by atoms with Gasteiger partial charge in [0.1, 0.15) is 0 Å². The normalized spacial score (nSPS) is 13.7. The average Bonchev–Trinajstić information content (AvgIpc) is 2.85. The first kappa shape index (κ1) is 47.4. The van der Waals surface area contributed by atoms with Crippen molar-refractivity contribution in [1.29, 1.82) is 0 Å². The Morgan fingerprint density at radius 3 is 0.696 bits per heavy atom. The second-order valence-corrected chi connectivity index (χ2v) is 8.01. The van der Waals surface area contributed by atoms with Crippen molar-refractivity contribution in [1.82, 2.24) is 0 Å². The highest BCUT2D eigenvalue weighted by Gasteiger charge is 2.58. The molecule has 0 aromatic heterocycles. The van der Waals surface area contributed by atoms with Gasteiger partial charge in [-0.3, -0.25) is 24.0 Å². The summed E-state index contributed by atoms with van der Waals surface area (Å²) < 4.78 is 0. The highest BCUT2D eigenvalue weighted by molar-refractivity contribution is 6.16. The Kier molecular flexibility index (Phi) is 21.0. The fraction of sp³-hybridized carbons (Fsp3) is 0.500. The minimum Gasteiger partial charge on any atom is -0.481 e. The molecule has 264 valence electrons. The summed E-state index contributed by atoms with van der Waals surface area (Å²) >= 11 is 0. The van der Waals surface area contributed by atoms with E-state index in [1.807, 2.05) is 0 Å². The molecule has 26 nitrogen and oxygen atoms in total. The average molecular weight is 684 g/mol. The number of carboxylic acid groups (broad SMARTS) is 10. The molecule has 0 spiro atoms. The van der Waals surface area contributed by atoms with E-state index in [-0.39, 0.29) is 0 Å². The van der Waals surface area contributed by atoms with Crippen molar-refractivity contribution in [2.24, 2.45) is 5.41 Å². The maximum absolute atomic E-state index is 10.4. The van der Waals surface area contributed by atoms with E-state index in [0.29, 0.717) is 0 Å². The van der Waals surface area contributed by atoms with Gasteiger partial charge in [0.2, 0.25) is 0 Å². The van der Waals surface area contributed by atoms with E-state index in [2.05, 4.69) is 0 Å². The predicted octanol–water partition coefficient (Wildman–Crippen LogP) is -6.89. The molecule has 0 saturated heterocycles. The molecule has 0 aromatic carbocycles. The van der Waals surface area contributed by atoms with Gasteiger partial charge in [-0.1, -0.05) is 0 Å². The van der Waals surface area contributed by atoms with Gasteiger partial charge in [0.15, 0.2) is 30.0 Å². The lowest BCUT2D eigenvalue weighted by atomic mass is 9.83. The Labute approximate surface area is 251 Å². The van der Waals surface area contributed by atoms with Crippen LogP contribution in [-0.2, 0) is 47.9 Å². The summed E-state index contributed by atoms with van der Waals surface area (Å²) in [5.74, 6) is -18.4. The SMILES string of the molecule is CC(O)C(C(=O)O)(C(=O)O)C(=O)O.O=C(O)C(O)C(O)C(=O)O.O=C(O)C(O)C(O)C(=O)O.O=C(O)CC(O)(CC(=O)O)C(=O)O. The van der Waals surface area contributed by atoms with Crippen LogP contribution in [0, 0.1) is 5.41 Å². The van der Waals surface area contributed by atoms with Crippen molar-refractivity contribution >= 4 is 59.7 Å². The van der Waals surface area contributed by atoms with E-state index in [4.69, 9.17) is 81.7 Å². The number of aliphatic carboxylic acids is 10. The molecule has 0 amide bonds. The van der Waals surface area contributed by atoms with Gasteiger partial charge in [0.25, 0.3) is 5.41 Å². The smallest absolute Gasteiger partial charge is 0.336 e. The monoisotopic (exact) mass is 684 g/mol. The molecule has 0 aromatic rings. The third-order valence-corrected chi connectivity index (χ3v) is 4.53. The number of aliphatic hydroxyl groups excluding tert-OH is 5. The third kappa shape index (κ3) is 15.8. The summed E-state index contributed by atoms with van der Waals surface area (Å²) in [6.45, 7) is 0.788. The van der Waals surface area contributed by atoms with Crippen LogP contribution in [0.2, 0.25) is 0 Å². The van der Waals surface area contributed by atoms with Crippen LogP contribution in [0.3, 0.4) is 0 Å². The Morgan fingerprint density at radius 1 is 0.435 bits per heavy atom. The summed E-state index contributed by atoms with van der Waals surface area (Å²) in [4.78, 5) is 101. The maximum atomic E-state index is 10.4. The zero-order valence-electron chi connectivity index (χ0n) is 22.5. The van der Waals surface area contributed by atoms with Crippen LogP contribution in [-0.4, -0.2) is 178 Å². The van der Waals surface area contributed by atoms with Gasteiger partial charge in [0.05, 0.1) is 18.9 Å². The quantitative estimate of drug-likeness (QED) is 0.0712. The van der Waals surface area contributed by atoms with E-state index in [0.717, 1.165) is 6.92 Å². The lowest BCUT2D eigenvalue weighted by Gasteiger charge is -2.22. The zero-order chi connectivity index (χ0) is 38.1. The minimum atomic E-state index is -3.19.